The molecule has 0 amide bonds. The molecular weight excluding hydrogens is 140 g/mol. The molecule has 0 aromatic heterocycles. The van der Waals surface area contributed by atoms with Crippen LogP contribution in [0.25, 0.3) is 0 Å². The Labute approximate surface area is 67.2 Å². The van der Waals surface area contributed by atoms with E-state index < -0.39 is 0 Å². The molecule has 0 unspecified atom stereocenters. The molecule has 2 heteroatoms. The van der Waals surface area contributed by atoms with Crippen LogP contribution in [0.1, 0.15) is 25.7 Å². The molecule has 11 heavy (non-hydrogen) atoms. The number of cyclic esters (lactones) is 1. The van der Waals surface area contributed by atoms with Gasteiger partial charge < -0.3 is 4.74 Å². The number of allylic oxidation sites excluding steroid dienone is 1. The fourth-order valence-electron chi connectivity index (χ4n) is 1.32. The number of carbonyl (C=O) groups is 1. The fraction of sp³-hybridized carbons (Fsp3) is 0.667. The third-order valence-corrected chi connectivity index (χ3v) is 1.97. The summed E-state index contributed by atoms with van der Waals surface area (Å²) in [6, 6.07) is 0. The zero-order chi connectivity index (χ0) is 8.10. The average Bonchev–Trinajstić information content (AvgIpc) is 2.17. The average molecular weight is 154 g/mol. The van der Waals surface area contributed by atoms with Crippen LogP contribution in [0.4, 0.5) is 0 Å². The van der Waals surface area contributed by atoms with Gasteiger partial charge in [0.05, 0.1) is 6.61 Å². The molecule has 0 radical (unpaired) electrons. The van der Waals surface area contributed by atoms with Gasteiger partial charge in [-0.05, 0) is 25.2 Å². The van der Waals surface area contributed by atoms with Gasteiger partial charge in [-0.3, -0.25) is 4.79 Å². The molecule has 0 aliphatic carbocycles. The van der Waals surface area contributed by atoms with Crippen molar-refractivity contribution in [2.75, 3.05) is 6.61 Å². The van der Waals surface area contributed by atoms with Crippen molar-refractivity contribution in [3.8, 4) is 0 Å². The first-order valence-corrected chi connectivity index (χ1v) is 4.09. The number of hydrogen-bond donors (Lipinski definition) is 0. The van der Waals surface area contributed by atoms with E-state index in [4.69, 9.17) is 4.74 Å². The standard InChI is InChI=1S/C9H14O2/c1-2-4-8-5-3-6-9(10)11-7-8/h2,8H,1,3-7H2/t8-/m1/s1. The fourth-order valence-corrected chi connectivity index (χ4v) is 1.32. The highest BCUT2D eigenvalue weighted by molar-refractivity contribution is 5.69. The van der Waals surface area contributed by atoms with Crippen molar-refractivity contribution in [2.45, 2.75) is 25.7 Å². The molecule has 1 aliphatic rings. The minimum Gasteiger partial charge on any atom is -0.465 e. The molecule has 1 heterocycles. The van der Waals surface area contributed by atoms with Crippen molar-refractivity contribution in [2.24, 2.45) is 5.92 Å². The lowest BCUT2D eigenvalue weighted by molar-refractivity contribution is -0.143. The molecule has 1 rings (SSSR count). The van der Waals surface area contributed by atoms with E-state index in [2.05, 4.69) is 6.58 Å². The second kappa shape index (κ2) is 4.16. The Morgan fingerprint density at radius 1 is 1.73 bits per heavy atom. The zero-order valence-electron chi connectivity index (χ0n) is 6.71. The summed E-state index contributed by atoms with van der Waals surface area (Å²) < 4.78 is 4.98. The second-order valence-corrected chi connectivity index (χ2v) is 2.97. The molecule has 2 nitrogen and oxygen atoms in total. The Morgan fingerprint density at radius 3 is 3.27 bits per heavy atom. The molecule has 1 saturated heterocycles. The van der Waals surface area contributed by atoms with Crippen LogP contribution in [0.3, 0.4) is 0 Å². The molecule has 1 aliphatic heterocycles. The maximum absolute atomic E-state index is 10.8. The maximum Gasteiger partial charge on any atom is 0.305 e. The molecule has 0 aromatic rings. The lowest BCUT2D eigenvalue weighted by Crippen LogP contribution is -2.08. The van der Waals surface area contributed by atoms with Crippen molar-refractivity contribution in [1.82, 2.24) is 0 Å². The summed E-state index contributed by atoms with van der Waals surface area (Å²) >= 11 is 0. The minimum atomic E-state index is -0.0448. The SMILES string of the molecule is C=CC[C@@H]1CCCC(=O)OC1. The Hall–Kier alpha value is -0.790. The van der Waals surface area contributed by atoms with E-state index in [9.17, 15) is 4.79 Å². The maximum atomic E-state index is 10.8. The van der Waals surface area contributed by atoms with Crippen molar-refractivity contribution in [3.05, 3.63) is 12.7 Å². The number of ether oxygens (including phenoxy) is 1. The number of esters is 1. The van der Waals surface area contributed by atoms with Crippen LogP contribution >= 0.6 is 0 Å². The summed E-state index contributed by atoms with van der Waals surface area (Å²) in [4.78, 5) is 10.8. The molecule has 0 bridgehead atoms. The van der Waals surface area contributed by atoms with Crippen LogP contribution < -0.4 is 0 Å². The predicted molar refractivity (Wildman–Crippen MR) is 43.1 cm³/mol. The minimum absolute atomic E-state index is 0.0448. The van der Waals surface area contributed by atoms with E-state index in [0.29, 0.717) is 18.9 Å². The van der Waals surface area contributed by atoms with Crippen molar-refractivity contribution in [3.63, 3.8) is 0 Å². The highest BCUT2D eigenvalue weighted by atomic mass is 16.5. The molecule has 0 N–H and O–H groups in total. The van der Waals surface area contributed by atoms with E-state index in [1.807, 2.05) is 6.08 Å². The summed E-state index contributed by atoms with van der Waals surface area (Å²) in [7, 11) is 0. The van der Waals surface area contributed by atoms with Gasteiger partial charge in [0.25, 0.3) is 0 Å². The zero-order valence-corrected chi connectivity index (χ0v) is 6.71. The molecular formula is C9H14O2. The molecule has 1 fully saturated rings. The molecule has 0 saturated carbocycles. The molecule has 62 valence electrons. The van der Waals surface area contributed by atoms with Gasteiger partial charge in [-0.15, -0.1) is 6.58 Å². The normalized spacial score (nSPS) is 25.5. The van der Waals surface area contributed by atoms with Crippen LogP contribution in [-0.4, -0.2) is 12.6 Å². The smallest absolute Gasteiger partial charge is 0.305 e. The van der Waals surface area contributed by atoms with E-state index in [-0.39, 0.29) is 5.97 Å². The lowest BCUT2D eigenvalue weighted by Gasteiger charge is -2.09. The van der Waals surface area contributed by atoms with E-state index in [0.717, 1.165) is 19.3 Å². The predicted octanol–water partition coefficient (Wildman–Crippen LogP) is 1.91. The largest absolute Gasteiger partial charge is 0.465 e. The third-order valence-electron chi connectivity index (χ3n) is 1.97. The topological polar surface area (TPSA) is 26.3 Å². The van der Waals surface area contributed by atoms with E-state index in [1.54, 1.807) is 0 Å². The van der Waals surface area contributed by atoms with Gasteiger partial charge >= 0.3 is 5.97 Å². The number of carbonyl (C=O) groups excluding carboxylic acids is 1. The number of hydrogen-bond acceptors (Lipinski definition) is 2. The van der Waals surface area contributed by atoms with Gasteiger partial charge in [-0.2, -0.15) is 0 Å². The summed E-state index contributed by atoms with van der Waals surface area (Å²) in [5, 5.41) is 0. The summed E-state index contributed by atoms with van der Waals surface area (Å²) in [5.41, 5.74) is 0. The monoisotopic (exact) mass is 154 g/mol. The Bertz CT molecular complexity index is 152. The first kappa shape index (κ1) is 8.31. The van der Waals surface area contributed by atoms with Crippen molar-refractivity contribution in [1.29, 1.82) is 0 Å². The molecule has 0 aromatic carbocycles. The van der Waals surface area contributed by atoms with Crippen LogP contribution in [0.2, 0.25) is 0 Å². The summed E-state index contributed by atoms with van der Waals surface area (Å²) in [5.74, 6) is 0.468. The van der Waals surface area contributed by atoms with E-state index in [1.165, 1.54) is 0 Å². The Kier molecular flexibility index (Phi) is 3.14. The van der Waals surface area contributed by atoms with Gasteiger partial charge in [-0.1, -0.05) is 6.08 Å². The summed E-state index contributed by atoms with van der Waals surface area (Å²) in [6.45, 7) is 4.25. The van der Waals surface area contributed by atoms with Gasteiger partial charge in [-0.25, -0.2) is 0 Å². The highest BCUT2D eigenvalue weighted by Crippen LogP contribution is 2.17. The Morgan fingerprint density at radius 2 is 2.55 bits per heavy atom. The number of rotatable bonds is 2. The third kappa shape index (κ3) is 2.74. The van der Waals surface area contributed by atoms with Crippen LogP contribution in [0.15, 0.2) is 12.7 Å². The van der Waals surface area contributed by atoms with Crippen LogP contribution in [-0.2, 0) is 9.53 Å². The highest BCUT2D eigenvalue weighted by Gasteiger charge is 2.15. The first-order chi connectivity index (χ1) is 5.33. The second-order valence-electron chi connectivity index (χ2n) is 2.97. The van der Waals surface area contributed by atoms with Gasteiger partial charge in [0.2, 0.25) is 0 Å². The van der Waals surface area contributed by atoms with E-state index >= 15 is 0 Å². The van der Waals surface area contributed by atoms with Gasteiger partial charge in [0, 0.05) is 6.42 Å². The van der Waals surface area contributed by atoms with Crippen molar-refractivity contribution < 1.29 is 9.53 Å². The van der Waals surface area contributed by atoms with Gasteiger partial charge in [0.1, 0.15) is 0 Å². The Balaban J connectivity index is 2.33. The lowest BCUT2D eigenvalue weighted by atomic mass is 10.0. The molecule has 1 atom stereocenters. The van der Waals surface area contributed by atoms with Gasteiger partial charge in [0.15, 0.2) is 0 Å². The van der Waals surface area contributed by atoms with Crippen LogP contribution in [0.5, 0.6) is 0 Å². The summed E-state index contributed by atoms with van der Waals surface area (Å²) in [6.07, 6.45) is 5.51. The molecule has 0 spiro atoms. The first-order valence-electron chi connectivity index (χ1n) is 4.09. The quantitative estimate of drug-likeness (QED) is 0.448. The van der Waals surface area contributed by atoms with Crippen molar-refractivity contribution >= 4 is 5.97 Å². The van der Waals surface area contributed by atoms with Crippen LogP contribution in [0, 0.1) is 5.92 Å².